The van der Waals surface area contributed by atoms with Crippen LogP contribution in [0, 0.1) is 0 Å². The Hall–Kier alpha value is -1.56. The van der Waals surface area contributed by atoms with E-state index in [4.69, 9.17) is 20.9 Å². The van der Waals surface area contributed by atoms with Crippen molar-refractivity contribution in [1.29, 1.82) is 0 Å². The molecule has 8 nitrogen and oxygen atoms in total. The first kappa shape index (κ1) is 26.5. The number of benzene rings is 2. The van der Waals surface area contributed by atoms with Gasteiger partial charge in [-0.2, -0.15) is 0 Å². The van der Waals surface area contributed by atoms with E-state index >= 15 is 0 Å². The van der Waals surface area contributed by atoms with E-state index in [1.807, 2.05) is 0 Å². The fourth-order valence-electron chi connectivity index (χ4n) is 3.15. The maximum atomic E-state index is 13.2. The molecule has 3 rings (SSSR count). The zero-order valence-corrected chi connectivity index (χ0v) is 19.2. The van der Waals surface area contributed by atoms with E-state index in [1.54, 1.807) is 18.2 Å². The zero-order valence-electron chi connectivity index (χ0n) is 15.9. The van der Waals surface area contributed by atoms with Crippen molar-refractivity contribution in [1.82, 2.24) is 0 Å². The normalized spacial score (nSPS) is 16.7. The van der Waals surface area contributed by atoms with Gasteiger partial charge < -0.3 is 20.9 Å². The van der Waals surface area contributed by atoms with E-state index in [-0.39, 0.29) is 78.0 Å². The van der Waals surface area contributed by atoms with E-state index in [0.29, 0.717) is 0 Å². The highest BCUT2D eigenvalue weighted by Crippen LogP contribution is 2.49. The smallest absolute Gasteiger partial charge is 0.186 e. The largest absolute Gasteiger partial charge is 0.492 e. The standard InChI is InChI=1S/C18H22N2O6S2.2ClH/c19-8-10-25-14-6-7-15(26-11-9-20)18-17(14)16(12-27(18,21)22)28(23,24)13-4-2-1-3-5-13;;/h1-7,16H,8-12,19-20H2;2*1H. The van der Waals surface area contributed by atoms with Crippen molar-refractivity contribution in [3.8, 4) is 11.5 Å². The van der Waals surface area contributed by atoms with Gasteiger partial charge in [0.15, 0.2) is 19.7 Å². The minimum absolute atomic E-state index is 0. The Morgan fingerprint density at radius 1 is 0.900 bits per heavy atom. The third-order valence-corrected chi connectivity index (χ3v) is 8.43. The molecule has 30 heavy (non-hydrogen) atoms. The van der Waals surface area contributed by atoms with Crippen LogP contribution in [0.5, 0.6) is 11.5 Å². The van der Waals surface area contributed by atoms with Crippen LogP contribution in [0.3, 0.4) is 0 Å². The van der Waals surface area contributed by atoms with Gasteiger partial charge in [-0.15, -0.1) is 24.8 Å². The summed E-state index contributed by atoms with van der Waals surface area (Å²) in [5.41, 5.74) is 11.0. The summed E-state index contributed by atoms with van der Waals surface area (Å²) in [6.07, 6.45) is 0. The van der Waals surface area contributed by atoms with Gasteiger partial charge in [0.1, 0.15) is 34.9 Å². The second-order valence-electron chi connectivity index (χ2n) is 6.21. The minimum Gasteiger partial charge on any atom is -0.492 e. The third kappa shape index (κ3) is 5.01. The maximum absolute atomic E-state index is 13.2. The van der Waals surface area contributed by atoms with Gasteiger partial charge in [-0.05, 0) is 24.3 Å². The van der Waals surface area contributed by atoms with Crippen LogP contribution in [0.25, 0.3) is 0 Å². The lowest BCUT2D eigenvalue weighted by atomic mass is 10.1. The van der Waals surface area contributed by atoms with Gasteiger partial charge in [-0.25, -0.2) is 16.8 Å². The molecule has 0 bridgehead atoms. The monoisotopic (exact) mass is 498 g/mol. The molecule has 0 radical (unpaired) electrons. The number of sulfone groups is 2. The SMILES string of the molecule is Cl.Cl.NCCOc1ccc(OCCN)c2c1C(S(=O)(=O)c1ccccc1)CS2(=O)=O. The Bertz CT molecular complexity index is 1060. The van der Waals surface area contributed by atoms with Crippen LogP contribution in [0.1, 0.15) is 10.8 Å². The van der Waals surface area contributed by atoms with Gasteiger partial charge in [0.2, 0.25) is 0 Å². The summed E-state index contributed by atoms with van der Waals surface area (Å²) in [6, 6.07) is 10.7. The Labute approximate surface area is 188 Å². The summed E-state index contributed by atoms with van der Waals surface area (Å²) < 4.78 is 63.3. The highest BCUT2D eigenvalue weighted by Gasteiger charge is 2.47. The van der Waals surface area contributed by atoms with Crippen LogP contribution in [0.2, 0.25) is 0 Å². The van der Waals surface area contributed by atoms with Crippen molar-refractivity contribution < 1.29 is 26.3 Å². The molecule has 0 saturated carbocycles. The van der Waals surface area contributed by atoms with Crippen molar-refractivity contribution in [2.45, 2.75) is 15.0 Å². The molecule has 1 aliphatic heterocycles. The Morgan fingerprint density at radius 3 is 2.00 bits per heavy atom. The molecule has 1 aliphatic rings. The molecule has 1 unspecified atom stereocenters. The fraction of sp³-hybridized carbons (Fsp3) is 0.333. The molecule has 168 valence electrons. The van der Waals surface area contributed by atoms with Crippen LogP contribution in [-0.4, -0.2) is 48.9 Å². The Kier molecular flexibility index (Phi) is 9.40. The van der Waals surface area contributed by atoms with E-state index in [0.717, 1.165) is 0 Å². The molecular weight excluding hydrogens is 475 g/mol. The number of hydrogen-bond acceptors (Lipinski definition) is 8. The topological polar surface area (TPSA) is 139 Å². The summed E-state index contributed by atoms with van der Waals surface area (Å²) >= 11 is 0. The lowest BCUT2D eigenvalue weighted by Gasteiger charge is -2.17. The van der Waals surface area contributed by atoms with Gasteiger partial charge >= 0.3 is 0 Å². The first-order valence-electron chi connectivity index (χ1n) is 8.67. The summed E-state index contributed by atoms with van der Waals surface area (Å²) in [7, 11) is -7.89. The van der Waals surface area contributed by atoms with Gasteiger partial charge in [0.25, 0.3) is 0 Å². The average molecular weight is 499 g/mol. The van der Waals surface area contributed by atoms with Crippen LogP contribution in [0.15, 0.2) is 52.3 Å². The zero-order chi connectivity index (χ0) is 20.4. The molecule has 0 aromatic heterocycles. The summed E-state index contributed by atoms with van der Waals surface area (Å²) in [5.74, 6) is -0.334. The van der Waals surface area contributed by atoms with Crippen LogP contribution in [-0.2, 0) is 19.7 Å². The van der Waals surface area contributed by atoms with Crippen LogP contribution < -0.4 is 20.9 Å². The lowest BCUT2D eigenvalue weighted by molar-refractivity contribution is 0.309. The van der Waals surface area contributed by atoms with Gasteiger partial charge in [0, 0.05) is 18.7 Å². The molecule has 2 aromatic carbocycles. The third-order valence-electron chi connectivity index (χ3n) is 4.32. The minimum atomic E-state index is -3.98. The molecular formula is C18H24Cl2N2O6S2. The highest BCUT2D eigenvalue weighted by atomic mass is 35.5. The second kappa shape index (κ2) is 10.7. The quantitative estimate of drug-likeness (QED) is 0.557. The van der Waals surface area contributed by atoms with E-state index < -0.39 is 30.7 Å². The molecule has 0 spiro atoms. The summed E-state index contributed by atoms with van der Waals surface area (Å²) in [6.45, 7) is 0.601. The molecule has 0 saturated heterocycles. The van der Waals surface area contributed by atoms with Gasteiger partial charge in [-0.3, -0.25) is 0 Å². The first-order chi connectivity index (χ1) is 13.3. The number of nitrogens with two attached hydrogens (primary N) is 2. The molecule has 2 aromatic rings. The molecule has 4 N–H and O–H groups in total. The van der Waals surface area contributed by atoms with Crippen molar-refractivity contribution >= 4 is 44.5 Å². The number of rotatable bonds is 8. The van der Waals surface area contributed by atoms with Crippen molar-refractivity contribution in [3.05, 3.63) is 48.0 Å². The fourth-order valence-corrected chi connectivity index (χ4v) is 7.63. The lowest BCUT2D eigenvalue weighted by Crippen LogP contribution is -2.17. The predicted octanol–water partition coefficient (Wildman–Crippen LogP) is 1.51. The summed E-state index contributed by atoms with van der Waals surface area (Å²) in [5, 5.41) is -1.30. The molecule has 0 amide bonds. The Morgan fingerprint density at radius 2 is 1.43 bits per heavy atom. The van der Waals surface area contributed by atoms with Crippen LogP contribution in [0.4, 0.5) is 0 Å². The Balaban J connectivity index is 0.00000225. The van der Waals surface area contributed by atoms with Gasteiger partial charge in [0.05, 0.1) is 10.6 Å². The average Bonchev–Trinajstić information content (AvgIpc) is 2.99. The first-order valence-corrected chi connectivity index (χ1v) is 11.9. The van der Waals surface area contributed by atoms with Gasteiger partial charge in [-0.1, -0.05) is 18.2 Å². The highest BCUT2D eigenvalue weighted by molar-refractivity contribution is 7.96. The van der Waals surface area contributed by atoms with Crippen molar-refractivity contribution in [2.24, 2.45) is 11.5 Å². The van der Waals surface area contributed by atoms with Crippen molar-refractivity contribution in [3.63, 3.8) is 0 Å². The maximum Gasteiger partial charge on any atom is 0.186 e. The number of ether oxygens (including phenoxy) is 2. The molecule has 0 fully saturated rings. The van der Waals surface area contributed by atoms with Crippen LogP contribution >= 0.6 is 24.8 Å². The summed E-state index contributed by atoms with van der Waals surface area (Å²) in [4.78, 5) is -0.110. The predicted molar refractivity (Wildman–Crippen MR) is 118 cm³/mol. The second-order valence-corrected chi connectivity index (χ2v) is 10.3. The van der Waals surface area contributed by atoms with E-state index in [2.05, 4.69) is 0 Å². The molecule has 1 heterocycles. The van der Waals surface area contributed by atoms with Crippen molar-refractivity contribution in [2.75, 3.05) is 32.1 Å². The van der Waals surface area contributed by atoms with E-state index in [1.165, 1.54) is 24.3 Å². The van der Waals surface area contributed by atoms with E-state index in [9.17, 15) is 16.8 Å². The number of fused-ring (bicyclic) bond motifs is 1. The molecule has 0 aliphatic carbocycles. The number of hydrogen-bond donors (Lipinski definition) is 2. The number of halogens is 2. The molecule has 1 atom stereocenters. The molecule has 12 heteroatoms.